The van der Waals surface area contributed by atoms with Crippen molar-refractivity contribution in [3.05, 3.63) is 65.0 Å². The Morgan fingerprint density at radius 1 is 1.08 bits per heavy atom. The molecule has 0 N–H and O–H groups in total. The topological polar surface area (TPSA) is 29.0 Å². The molecule has 0 spiro atoms. The zero-order chi connectivity index (χ0) is 17.2. The molecule has 1 aliphatic heterocycles. The summed E-state index contributed by atoms with van der Waals surface area (Å²) in [6, 6.07) is 6.88. The minimum atomic E-state index is -0.160. The van der Waals surface area contributed by atoms with E-state index in [1.807, 2.05) is 18.3 Å². The highest BCUT2D eigenvalue weighted by Gasteiger charge is 2.29. The molecule has 3 nitrogen and oxygen atoms in total. The number of hydrogen-bond acceptors (Lipinski definition) is 3. The zero-order valence-corrected chi connectivity index (χ0v) is 14.7. The third kappa shape index (κ3) is 3.49. The SMILES string of the molecule is CC1CC(=C2CCN(CCc3ccc(F)cc3)CC2)c2nccnc21. The average Bonchev–Trinajstić information content (AvgIpc) is 2.99. The lowest BCUT2D eigenvalue weighted by atomic mass is 9.95. The van der Waals surface area contributed by atoms with Crippen LogP contribution in [0, 0.1) is 5.82 Å². The standard InChI is InChI=1S/C21H24FN3/c1-15-14-19(21-20(15)23-9-10-24-21)17-7-12-25(13-8-17)11-6-16-2-4-18(22)5-3-16/h2-5,9-10,15H,6-8,11-14H2,1H3. The fourth-order valence-electron chi connectivity index (χ4n) is 4.04. The molecule has 1 aromatic heterocycles. The summed E-state index contributed by atoms with van der Waals surface area (Å²) in [6.07, 6.45) is 7.95. The van der Waals surface area contributed by atoms with Crippen LogP contribution in [-0.2, 0) is 6.42 Å². The summed E-state index contributed by atoms with van der Waals surface area (Å²) in [5.41, 5.74) is 6.55. The highest BCUT2D eigenvalue weighted by Crippen LogP contribution is 2.41. The molecule has 0 radical (unpaired) electrons. The Morgan fingerprint density at radius 2 is 1.80 bits per heavy atom. The van der Waals surface area contributed by atoms with Crippen molar-refractivity contribution in [2.75, 3.05) is 19.6 Å². The largest absolute Gasteiger partial charge is 0.302 e. The highest BCUT2D eigenvalue weighted by molar-refractivity contribution is 5.72. The number of likely N-dealkylation sites (tertiary alicyclic amines) is 1. The smallest absolute Gasteiger partial charge is 0.123 e. The van der Waals surface area contributed by atoms with Crippen molar-refractivity contribution in [2.45, 2.75) is 38.5 Å². The van der Waals surface area contributed by atoms with E-state index >= 15 is 0 Å². The molecule has 4 heteroatoms. The molecule has 1 aromatic carbocycles. The predicted molar refractivity (Wildman–Crippen MR) is 97.8 cm³/mol. The van der Waals surface area contributed by atoms with Crippen molar-refractivity contribution in [1.29, 1.82) is 0 Å². The molecule has 25 heavy (non-hydrogen) atoms. The van der Waals surface area contributed by atoms with Gasteiger partial charge in [-0.2, -0.15) is 0 Å². The van der Waals surface area contributed by atoms with Crippen LogP contribution in [0.25, 0.3) is 5.57 Å². The van der Waals surface area contributed by atoms with Gasteiger partial charge in [0.15, 0.2) is 0 Å². The molecule has 130 valence electrons. The van der Waals surface area contributed by atoms with Crippen LogP contribution in [-0.4, -0.2) is 34.5 Å². The molecule has 1 unspecified atom stereocenters. The Morgan fingerprint density at radius 3 is 2.56 bits per heavy atom. The second kappa shape index (κ2) is 7.04. The number of nitrogens with zero attached hydrogens (tertiary/aromatic N) is 3. The monoisotopic (exact) mass is 337 g/mol. The van der Waals surface area contributed by atoms with Crippen molar-refractivity contribution in [3.63, 3.8) is 0 Å². The van der Waals surface area contributed by atoms with Crippen LogP contribution in [0.1, 0.15) is 49.1 Å². The molecule has 1 aliphatic carbocycles. The van der Waals surface area contributed by atoms with Gasteiger partial charge in [0.2, 0.25) is 0 Å². The van der Waals surface area contributed by atoms with Crippen molar-refractivity contribution in [3.8, 4) is 0 Å². The molecule has 4 rings (SSSR count). The maximum absolute atomic E-state index is 13.0. The maximum Gasteiger partial charge on any atom is 0.123 e. The van der Waals surface area contributed by atoms with E-state index in [-0.39, 0.29) is 5.82 Å². The van der Waals surface area contributed by atoms with E-state index in [1.54, 1.807) is 23.9 Å². The van der Waals surface area contributed by atoms with Gasteiger partial charge in [-0.05, 0) is 49.0 Å². The van der Waals surface area contributed by atoms with Gasteiger partial charge in [0.1, 0.15) is 5.82 Å². The molecular weight excluding hydrogens is 313 g/mol. The van der Waals surface area contributed by atoms with Crippen molar-refractivity contribution >= 4 is 5.57 Å². The minimum Gasteiger partial charge on any atom is -0.302 e. The van der Waals surface area contributed by atoms with Gasteiger partial charge in [-0.1, -0.05) is 24.6 Å². The summed E-state index contributed by atoms with van der Waals surface area (Å²) in [4.78, 5) is 11.7. The Labute approximate surface area is 148 Å². The number of hydrogen-bond donors (Lipinski definition) is 0. The number of benzene rings is 1. The summed E-state index contributed by atoms with van der Waals surface area (Å²) in [5.74, 6) is 0.329. The number of piperidine rings is 1. The van der Waals surface area contributed by atoms with E-state index in [2.05, 4.69) is 21.8 Å². The molecule has 0 amide bonds. The van der Waals surface area contributed by atoms with Crippen LogP contribution in [0.2, 0.25) is 0 Å². The second-order valence-corrected chi connectivity index (χ2v) is 7.20. The molecule has 0 bridgehead atoms. The van der Waals surface area contributed by atoms with Crippen LogP contribution in [0.4, 0.5) is 4.39 Å². The van der Waals surface area contributed by atoms with E-state index in [0.29, 0.717) is 5.92 Å². The number of allylic oxidation sites excluding steroid dienone is 1. The van der Waals surface area contributed by atoms with Crippen LogP contribution in [0.15, 0.2) is 42.2 Å². The van der Waals surface area contributed by atoms with Gasteiger partial charge in [0.25, 0.3) is 0 Å². The van der Waals surface area contributed by atoms with Gasteiger partial charge in [-0.25, -0.2) is 4.39 Å². The number of rotatable bonds is 3. The molecule has 2 heterocycles. The first-order chi connectivity index (χ1) is 12.2. The Kier molecular flexibility index (Phi) is 4.62. The fraction of sp³-hybridized carbons (Fsp3) is 0.429. The van der Waals surface area contributed by atoms with Gasteiger partial charge in [-0.3, -0.25) is 9.97 Å². The lowest BCUT2D eigenvalue weighted by Gasteiger charge is -2.29. The number of halogens is 1. The first-order valence-corrected chi connectivity index (χ1v) is 9.19. The lowest BCUT2D eigenvalue weighted by Crippen LogP contribution is -2.32. The summed E-state index contributed by atoms with van der Waals surface area (Å²) in [5, 5.41) is 0. The molecule has 1 saturated heterocycles. The van der Waals surface area contributed by atoms with Crippen molar-refractivity contribution in [2.24, 2.45) is 0 Å². The summed E-state index contributed by atoms with van der Waals surface area (Å²) >= 11 is 0. The molecule has 0 saturated carbocycles. The molecule has 1 fully saturated rings. The number of fused-ring (bicyclic) bond motifs is 1. The van der Waals surface area contributed by atoms with E-state index in [4.69, 9.17) is 0 Å². The molecule has 2 aromatic rings. The third-order valence-corrected chi connectivity index (χ3v) is 5.51. The van der Waals surface area contributed by atoms with Gasteiger partial charge in [0.05, 0.1) is 11.4 Å². The lowest BCUT2D eigenvalue weighted by molar-refractivity contribution is 0.260. The van der Waals surface area contributed by atoms with Gasteiger partial charge in [-0.15, -0.1) is 0 Å². The molecule has 1 atom stereocenters. The minimum absolute atomic E-state index is 0.160. The second-order valence-electron chi connectivity index (χ2n) is 7.20. The summed E-state index contributed by atoms with van der Waals surface area (Å²) in [6.45, 7) is 5.49. The van der Waals surface area contributed by atoms with Crippen LogP contribution in [0.3, 0.4) is 0 Å². The van der Waals surface area contributed by atoms with Crippen molar-refractivity contribution < 1.29 is 4.39 Å². The first kappa shape index (κ1) is 16.4. The fourth-order valence-corrected chi connectivity index (χ4v) is 4.04. The molecule has 2 aliphatic rings. The van der Waals surface area contributed by atoms with E-state index in [0.717, 1.165) is 51.0 Å². The third-order valence-electron chi connectivity index (χ3n) is 5.51. The number of aromatic nitrogens is 2. The maximum atomic E-state index is 13.0. The predicted octanol–water partition coefficient (Wildman–Crippen LogP) is 4.22. The summed E-state index contributed by atoms with van der Waals surface area (Å²) < 4.78 is 13.0. The van der Waals surface area contributed by atoms with Gasteiger partial charge in [0, 0.05) is 37.9 Å². The quantitative estimate of drug-likeness (QED) is 0.840. The van der Waals surface area contributed by atoms with Gasteiger partial charge >= 0.3 is 0 Å². The van der Waals surface area contributed by atoms with E-state index in [9.17, 15) is 4.39 Å². The van der Waals surface area contributed by atoms with Crippen LogP contribution >= 0.6 is 0 Å². The van der Waals surface area contributed by atoms with E-state index in [1.165, 1.54) is 16.8 Å². The normalized spacial score (nSPS) is 20.8. The Balaban J connectivity index is 1.38. The summed E-state index contributed by atoms with van der Waals surface area (Å²) in [7, 11) is 0. The van der Waals surface area contributed by atoms with Gasteiger partial charge < -0.3 is 4.90 Å². The average molecular weight is 337 g/mol. The molecular formula is C21H24FN3. The van der Waals surface area contributed by atoms with Crippen LogP contribution in [0.5, 0.6) is 0 Å². The first-order valence-electron chi connectivity index (χ1n) is 9.19. The van der Waals surface area contributed by atoms with Crippen molar-refractivity contribution in [1.82, 2.24) is 14.9 Å². The van der Waals surface area contributed by atoms with E-state index < -0.39 is 0 Å². The zero-order valence-electron chi connectivity index (χ0n) is 14.7. The van der Waals surface area contributed by atoms with Crippen LogP contribution < -0.4 is 0 Å². The Hall–Kier alpha value is -2.07. The Bertz CT molecular complexity index is 772. The highest BCUT2D eigenvalue weighted by atomic mass is 19.1.